The minimum Gasteiger partial charge on any atom is -0.485 e. The molecule has 0 radical (unpaired) electrons. The van der Waals surface area contributed by atoms with Crippen molar-refractivity contribution in [2.45, 2.75) is 133 Å². The standard InChI is InChI=1S/C45H52F4N6O10.C2H6/c1-13-28(47)38(25(3)46)62-35-17-24(2)32(22-50-35)55-39(54(41(59)64-44(7,8)9)42(60)65-45(10,11)12)27(21-51-55)37(57)31-18-26-19-33(61-23-34(48)49)30(52-16-14-15-36(52)56)20-29(26)53(31)40(58)63-43(4,5)6;1-2/h13,17-22,34H,14-16,23H2,1-12H3;1-2H3/b28-13+,38-25-;. The molecule has 0 aliphatic carbocycles. The lowest BCUT2D eigenvalue weighted by molar-refractivity contribution is -0.117. The van der Waals surface area contributed by atoms with E-state index in [2.05, 4.69) is 10.1 Å². The van der Waals surface area contributed by atoms with Crippen LogP contribution in [0.15, 0.2) is 60.1 Å². The van der Waals surface area contributed by atoms with Gasteiger partial charge in [-0.05, 0) is 119 Å². The zero-order valence-electron chi connectivity index (χ0n) is 40.2. The average Bonchev–Trinajstić information content (AvgIpc) is 3.93. The van der Waals surface area contributed by atoms with Crippen LogP contribution in [0, 0.1) is 6.92 Å². The summed E-state index contributed by atoms with van der Waals surface area (Å²) in [5.41, 5.74) is -4.12. The smallest absolute Gasteiger partial charge is 0.425 e. The Labute approximate surface area is 386 Å². The molecule has 3 amide bonds. The molecule has 1 aliphatic heterocycles. The lowest BCUT2D eigenvalue weighted by atomic mass is 10.1. The van der Waals surface area contributed by atoms with Gasteiger partial charge in [0.2, 0.25) is 17.6 Å². The number of pyridine rings is 1. The van der Waals surface area contributed by atoms with E-state index in [4.69, 9.17) is 23.7 Å². The Morgan fingerprint density at radius 3 is 1.96 bits per heavy atom. The summed E-state index contributed by atoms with van der Waals surface area (Å²) in [6, 6.07) is 5.19. The number of carbonyl (C=O) groups is 5. The van der Waals surface area contributed by atoms with Crippen LogP contribution >= 0.6 is 0 Å². The van der Waals surface area contributed by atoms with Gasteiger partial charge < -0.3 is 28.6 Å². The highest BCUT2D eigenvalue weighted by Crippen LogP contribution is 2.39. The Hall–Kier alpha value is -6.73. The monoisotopic (exact) mass is 942 g/mol. The number of anilines is 2. The Morgan fingerprint density at radius 1 is 0.866 bits per heavy atom. The van der Waals surface area contributed by atoms with Gasteiger partial charge in [-0.25, -0.2) is 46.2 Å². The van der Waals surface area contributed by atoms with Crippen molar-refractivity contribution in [2.75, 3.05) is 23.0 Å². The van der Waals surface area contributed by atoms with Gasteiger partial charge in [-0.15, -0.1) is 0 Å². The Morgan fingerprint density at radius 2 is 1.46 bits per heavy atom. The first-order valence-electron chi connectivity index (χ1n) is 21.5. The number of fused-ring (bicyclic) bond motifs is 1. The van der Waals surface area contributed by atoms with Crippen LogP contribution in [0.25, 0.3) is 16.6 Å². The quantitative estimate of drug-likeness (QED) is 0.0458. The number of ketones is 1. The van der Waals surface area contributed by atoms with Crippen molar-refractivity contribution in [3.63, 3.8) is 0 Å². The van der Waals surface area contributed by atoms with E-state index in [0.717, 1.165) is 34.6 Å². The van der Waals surface area contributed by atoms with Crippen molar-refractivity contribution in [1.82, 2.24) is 19.3 Å². The summed E-state index contributed by atoms with van der Waals surface area (Å²) in [5.74, 6) is -5.01. The Balaban J connectivity index is 0.00000483. The molecule has 4 aromatic rings. The number of alkyl halides is 2. The Kier molecular flexibility index (Phi) is 16.5. The van der Waals surface area contributed by atoms with Crippen molar-refractivity contribution in [1.29, 1.82) is 0 Å². The molecule has 0 saturated carbocycles. The highest BCUT2D eigenvalue weighted by molar-refractivity contribution is 6.20. The van der Waals surface area contributed by atoms with Crippen LogP contribution in [-0.2, 0) is 19.0 Å². The van der Waals surface area contributed by atoms with Crippen molar-refractivity contribution in [3.05, 3.63) is 77.0 Å². The third-order valence-electron chi connectivity index (χ3n) is 9.05. The number of hydrogen-bond acceptors (Lipinski definition) is 12. The molecule has 0 N–H and O–H groups in total. The first-order chi connectivity index (χ1) is 31.1. The summed E-state index contributed by atoms with van der Waals surface area (Å²) < 4.78 is 85.8. The molecule has 5 rings (SSSR count). The van der Waals surface area contributed by atoms with E-state index in [9.17, 15) is 36.7 Å². The number of hydrogen-bond donors (Lipinski definition) is 0. The predicted octanol–water partition coefficient (Wildman–Crippen LogP) is 11.5. The number of benzene rings is 1. The van der Waals surface area contributed by atoms with Gasteiger partial charge in [0.1, 0.15) is 40.7 Å². The van der Waals surface area contributed by atoms with Crippen LogP contribution in [-0.4, -0.2) is 85.7 Å². The lowest BCUT2D eigenvalue weighted by Crippen LogP contribution is -2.45. The number of allylic oxidation sites excluding steroid dienone is 3. The summed E-state index contributed by atoms with van der Waals surface area (Å²) in [6.07, 6.45) is -2.80. The number of ether oxygens (including phenoxy) is 5. The number of amides is 3. The molecule has 16 nitrogen and oxygen atoms in total. The van der Waals surface area contributed by atoms with Gasteiger partial charge in [0, 0.05) is 24.4 Å². The van der Waals surface area contributed by atoms with Crippen LogP contribution < -0.4 is 19.3 Å². The number of imide groups is 1. The largest absolute Gasteiger partial charge is 0.485 e. The average molecular weight is 943 g/mol. The molecule has 67 heavy (non-hydrogen) atoms. The fourth-order valence-corrected chi connectivity index (χ4v) is 6.49. The van der Waals surface area contributed by atoms with Crippen molar-refractivity contribution in [3.8, 4) is 17.3 Å². The number of rotatable bonds is 11. The fraction of sp³-hybridized carbons (Fsp3) is 0.468. The molecule has 364 valence electrons. The molecule has 0 bridgehead atoms. The first kappa shape index (κ1) is 52.9. The summed E-state index contributed by atoms with van der Waals surface area (Å²) >= 11 is 0. The van der Waals surface area contributed by atoms with Gasteiger partial charge in [0.15, 0.2) is 17.4 Å². The lowest BCUT2D eigenvalue weighted by Gasteiger charge is -2.29. The number of aryl methyl sites for hydroxylation is 1. The van der Waals surface area contributed by atoms with Gasteiger partial charge in [-0.3, -0.25) is 9.59 Å². The van der Waals surface area contributed by atoms with Crippen LogP contribution in [0.2, 0.25) is 0 Å². The molecule has 0 spiro atoms. The number of carbonyl (C=O) groups excluding carboxylic acids is 5. The number of aromatic nitrogens is 4. The molecule has 0 atom stereocenters. The molecular weight excluding hydrogens is 885 g/mol. The van der Waals surface area contributed by atoms with E-state index in [1.165, 1.54) is 84.6 Å². The molecule has 3 aromatic heterocycles. The van der Waals surface area contributed by atoms with Crippen LogP contribution in [0.5, 0.6) is 11.6 Å². The summed E-state index contributed by atoms with van der Waals surface area (Å²) in [5, 5.41) is 4.53. The maximum absolute atomic E-state index is 15.3. The molecule has 1 saturated heterocycles. The maximum atomic E-state index is 15.3. The van der Waals surface area contributed by atoms with E-state index < -0.39 is 88.4 Å². The third-order valence-corrected chi connectivity index (χ3v) is 9.05. The topological polar surface area (TPSA) is 174 Å². The molecule has 4 heterocycles. The maximum Gasteiger partial charge on any atom is 0.425 e. The summed E-state index contributed by atoms with van der Waals surface area (Å²) in [7, 11) is 0. The second-order valence-electron chi connectivity index (χ2n) is 17.9. The van der Waals surface area contributed by atoms with Gasteiger partial charge in [0.05, 0.1) is 34.8 Å². The highest BCUT2D eigenvalue weighted by Gasteiger charge is 2.40. The molecule has 20 heteroatoms. The van der Waals surface area contributed by atoms with Crippen molar-refractivity contribution < 1.29 is 65.2 Å². The van der Waals surface area contributed by atoms with Gasteiger partial charge in [0.25, 0.3) is 6.43 Å². The SMILES string of the molecule is C/C=C(F)\C(Oc1cc(C)c(-n2ncc(C(=O)c3cc4cc(OCC(F)F)c(N5CCCC5=O)cc4n3C(=O)OC(C)(C)C)c2N(C(=O)OC(C)(C)C)C(=O)OC(C)(C)C)cn1)=C(/C)F.CC. The van der Waals surface area contributed by atoms with Crippen LogP contribution in [0.1, 0.15) is 124 Å². The highest BCUT2D eigenvalue weighted by atomic mass is 19.3. The molecular formula is C47H58F4N6O10. The van der Waals surface area contributed by atoms with Gasteiger partial charge in [-0.2, -0.15) is 10.00 Å². The van der Waals surface area contributed by atoms with E-state index in [-0.39, 0.29) is 58.3 Å². The van der Waals surface area contributed by atoms with E-state index >= 15 is 4.79 Å². The molecule has 1 aromatic carbocycles. The van der Waals surface area contributed by atoms with E-state index in [1.54, 1.807) is 20.8 Å². The normalized spacial score (nSPS) is 13.8. The van der Waals surface area contributed by atoms with Gasteiger partial charge in [-0.1, -0.05) is 13.8 Å². The van der Waals surface area contributed by atoms with Crippen LogP contribution in [0.4, 0.5) is 43.5 Å². The number of nitrogens with zero attached hydrogens (tertiary/aromatic N) is 6. The summed E-state index contributed by atoms with van der Waals surface area (Å²) in [4.78, 5) is 77.0. The molecule has 1 fully saturated rings. The second-order valence-corrected chi connectivity index (χ2v) is 17.9. The fourth-order valence-electron chi connectivity index (χ4n) is 6.49. The molecule has 0 unspecified atom stereocenters. The number of halogens is 4. The molecule has 1 aliphatic rings. The zero-order chi connectivity index (χ0) is 50.5. The first-order valence-corrected chi connectivity index (χ1v) is 21.5. The zero-order valence-corrected chi connectivity index (χ0v) is 40.2. The Bertz CT molecular complexity index is 2560. The van der Waals surface area contributed by atoms with E-state index in [0.29, 0.717) is 11.3 Å². The second kappa shape index (κ2) is 20.8. The minimum absolute atomic E-state index is 0.00806. The van der Waals surface area contributed by atoms with Crippen molar-refractivity contribution in [2.24, 2.45) is 0 Å². The van der Waals surface area contributed by atoms with Gasteiger partial charge >= 0.3 is 18.3 Å². The van der Waals surface area contributed by atoms with Crippen molar-refractivity contribution >= 4 is 52.4 Å². The summed E-state index contributed by atoms with van der Waals surface area (Å²) in [6.45, 7) is 21.0. The minimum atomic E-state index is -2.89. The predicted molar refractivity (Wildman–Crippen MR) is 242 cm³/mol. The van der Waals surface area contributed by atoms with E-state index in [1.807, 2.05) is 13.8 Å². The third kappa shape index (κ3) is 12.8. The van der Waals surface area contributed by atoms with Crippen LogP contribution in [0.3, 0.4) is 0 Å².